The Labute approximate surface area is 180 Å². The van der Waals surface area contributed by atoms with Gasteiger partial charge in [0.1, 0.15) is 5.60 Å². The fraction of sp³-hybridized carbons (Fsp3) is 0.462. The van der Waals surface area contributed by atoms with Gasteiger partial charge < -0.3 is 9.64 Å². The summed E-state index contributed by atoms with van der Waals surface area (Å²) in [4.78, 5) is 27.6. The second kappa shape index (κ2) is 9.03. The number of ether oxygens (including phenoxy) is 1. The van der Waals surface area contributed by atoms with Gasteiger partial charge >= 0.3 is 6.09 Å². The van der Waals surface area contributed by atoms with Crippen LogP contribution in [0.2, 0.25) is 0 Å². The second-order valence-electron chi connectivity index (χ2n) is 9.68. The molecule has 0 saturated carbocycles. The Kier molecular flexibility index (Phi) is 6.64. The molecule has 0 bridgehead atoms. The fourth-order valence-electron chi connectivity index (χ4n) is 4.10. The minimum Gasteiger partial charge on any atom is -0.444 e. The molecule has 1 unspecified atom stereocenters. The average molecular weight is 408 g/mol. The molecule has 2 aromatic carbocycles. The third-order valence-electron chi connectivity index (χ3n) is 5.90. The van der Waals surface area contributed by atoms with E-state index in [0.717, 1.165) is 30.4 Å². The number of Topliss-reactive ketones (excluding diaryl/α,β-unsaturated/α-hetero) is 1. The Morgan fingerprint density at radius 1 is 0.967 bits per heavy atom. The number of piperidine rings is 1. The Balaban J connectivity index is 1.74. The van der Waals surface area contributed by atoms with Crippen LogP contribution >= 0.6 is 0 Å². The molecular formula is C26H33NO3. The Morgan fingerprint density at radius 3 is 2.03 bits per heavy atom. The predicted molar refractivity (Wildman–Crippen MR) is 120 cm³/mol. The molecule has 1 heterocycles. The van der Waals surface area contributed by atoms with Crippen LogP contribution < -0.4 is 0 Å². The number of hydrogen-bond donors (Lipinski definition) is 0. The summed E-state index contributed by atoms with van der Waals surface area (Å²) in [7, 11) is 0. The van der Waals surface area contributed by atoms with Crippen molar-refractivity contribution in [2.24, 2.45) is 5.41 Å². The number of likely N-dealkylation sites (tertiary alicyclic amines) is 1. The normalized spacial score (nSPS) is 17.3. The van der Waals surface area contributed by atoms with Crippen LogP contribution in [0.3, 0.4) is 0 Å². The number of hydrogen-bond acceptors (Lipinski definition) is 3. The number of carbonyl (C=O) groups excluding carboxylic acids is 2. The van der Waals surface area contributed by atoms with E-state index in [9.17, 15) is 9.59 Å². The van der Waals surface area contributed by atoms with Crippen molar-refractivity contribution < 1.29 is 14.3 Å². The van der Waals surface area contributed by atoms with Crippen LogP contribution in [0, 0.1) is 5.41 Å². The van der Waals surface area contributed by atoms with Crippen LogP contribution in [0.25, 0.3) is 0 Å². The lowest BCUT2D eigenvalue weighted by atomic mass is 9.70. The van der Waals surface area contributed by atoms with E-state index in [0.29, 0.717) is 13.1 Å². The maximum absolute atomic E-state index is 13.4. The van der Waals surface area contributed by atoms with Crippen LogP contribution in [0.5, 0.6) is 0 Å². The highest BCUT2D eigenvalue weighted by atomic mass is 16.6. The third-order valence-corrected chi connectivity index (χ3v) is 5.90. The van der Waals surface area contributed by atoms with Crippen molar-refractivity contribution in [3.63, 3.8) is 0 Å². The first-order valence-electron chi connectivity index (χ1n) is 10.8. The summed E-state index contributed by atoms with van der Waals surface area (Å²) < 4.78 is 5.52. The molecule has 1 amide bonds. The predicted octanol–water partition coefficient (Wildman–Crippen LogP) is 6.08. The molecule has 2 aromatic rings. The molecule has 0 aliphatic carbocycles. The summed E-state index contributed by atoms with van der Waals surface area (Å²) in [5, 5.41) is 0. The van der Waals surface area contributed by atoms with E-state index < -0.39 is 5.60 Å². The Hall–Kier alpha value is -2.62. The quantitative estimate of drug-likeness (QED) is 0.564. The molecule has 0 spiro atoms. The maximum atomic E-state index is 13.4. The van der Waals surface area contributed by atoms with Gasteiger partial charge in [-0.05, 0) is 51.0 Å². The molecule has 4 nitrogen and oxygen atoms in total. The Morgan fingerprint density at radius 2 is 1.50 bits per heavy atom. The van der Waals surface area contributed by atoms with Crippen molar-refractivity contribution in [2.45, 2.75) is 58.5 Å². The number of ketones is 1. The number of benzene rings is 2. The minimum absolute atomic E-state index is 0.0105. The van der Waals surface area contributed by atoms with E-state index in [-0.39, 0.29) is 23.2 Å². The van der Waals surface area contributed by atoms with Crippen LogP contribution in [-0.2, 0) is 4.74 Å². The molecule has 1 aliphatic rings. The highest BCUT2D eigenvalue weighted by Gasteiger charge is 2.37. The molecule has 1 fully saturated rings. The van der Waals surface area contributed by atoms with E-state index >= 15 is 0 Å². The zero-order chi connectivity index (χ0) is 21.8. The van der Waals surface area contributed by atoms with Gasteiger partial charge in [-0.3, -0.25) is 4.79 Å². The van der Waals surface area contributed by atoms with Gasteiger partial charge in [0.2, 0.25) is 0 Å². The lowest BCUT2D eigenvalue weighted by Gasteiger charge is -2.41. The first kappa shape index (κ1) is 22.1. The first-order valence-corrected chi connectivity index (χ1v) is 10.8. The zero-order valence-electron chi connectivity index (χ0n) is 18.6. The van der Waals surface area contributed by atoms with Gasteiger partial charge in [-0.2, -0.15) is 0 Å². The smallest absolute Gasteiger partial charge is 0.410 e. The average Bonchev–Trinajstić information content (AvgIpc) is 2.72. The van der Waals surface area contributed by atoms with Crippen molar-refractivity contribution in [1.82, 2.24) is 4.90 Å². The zero-order valence-corrected chi connectivity index (χ0v) is 18.6. The van der Waals surface area contributed by atoms with E-state index in [1.165, 1.54) is 0 Å². The third kappa shape index (κ3) is 5.71. The van der Waals surface area contributed by atoms with Crippen molar-refractivity contribution >= 4 is 11.9 Å². The van der Waals surface area contributed by atoms with Crippen LogP contribution in [-0.4, -0.2) is 35.5 Å². The van der Waals surface area contributed by atoms with Gasteiger partial charge in [0.25, 0.3) is 0 Å². The van der Waals surface area contributed by atoms with Gasteiger partial charge in [0, 0.05) is 24.6 Å². The first-order chi connectivity index (χ1) is 14.2. The van der Waals surface area contributed by atoms with E-state index in [1.807, 2.05) is 81.4 Å². The number of nitrogens with zero attached hydrogens (tertiary/aromatic N) is 1. The highest BCUT2D eigenvalue weighted by Crippen LogP contribution is 2.41. The summed E-state index contributed by atoms with van der Waals surface area (Å²) in [6, 6.07) is 19.6. The van der Waals surface area contributed by atoms with Crippen LogP contribution in [0.1, 0.15) is 68.8 Å². The second-order valence-corrected chi connectivity index (χ2v) is 9.68. The van der Waals surface area contributed by atoms with Gasteiger partial charge in [-0.15, -0.1) is 0 Å². The van der Waals surface area contributed by atoms with Crippen molar-refractivity contribution in [2.75, 3.05) is 13.1 Å². The molecule has 1 atom stereocenters. The molecule has 0 aromatic heterocycles. The number of carbonyl (C=O) groups is 2. The minimum atomic E-state index is -0.488. The van der Waals surface area contributed by atoms with Crippen molar-refractivity contribution in [3.8, 4) is 0 Å². The van der Waals surface area contributed by atoms with E-state index in [1.54, 1.807) is 4.90 Å². The lowest BCUT2D eigenvalue weighted by Crippen LogP contribution is -2.45. The van der Waals surface area contributed by atoms with E-state index in [2.05, 4.69) is 6.92 Å². The molecular weight excluding hydrogens is 374 g/mol. The van der Waals surface area contributed by atoms with Crippen molar-refractivity contribution in [3.05, 3.63) is 71.8 Å². The standard InChI is InChI=1S/C26H33NO3/c1-25(2,3)30-24(29)27-17-15-26(4,16-18-27)19-22(20-11-7-5-8-12-20)23(28)21-13-9-6-10-14-21/h5-14,22H,15-19H2,1-4H3. The van der Waals surface area contributed by atoms with Gasteiger partial charge in [-0.1, -0.05) is 67.6 Å². The van der Waals surface area contributed by atoms with Crippen molar-refractivity contribution in [1.29, 1.82) is 0 Å². The molecule has 4 heteroatoms. The maximum Gasteiger partial charge on any atom is 0.410 e. The summed E-state index contributed by atoms with van der Waals surface area (Å²) in [5.74, 6) is -0.0238. The summed E-state index contributed by atoms with van der Waals surface area (Å²) >= 11 is 0. The summed E-state index contributed by atoms with van der Waals surface area (Å²) in [5.41, 5.74) is 1.31. The lowest BCUT2D eigenvalue weighted by molar-refractivity contribution is 0.0102. The molecule has 3 rings (SSSR count). The van der Waals surface area contributed by atoms with Crippen LogP contribution in [0.4, 0.5) is 4.79 Å². The monoisotopic (exact) mass is 407 g/mol. The SMILES string of the molecule is CC1(CC(C(=O)c2ccccc2)c2ccccc2)CCN(C(=O)OC(C)(C)C)CC1. The van der Waals surface area contributed by atoms with Crippen LogP contribution in [0.15, 0.2) is 60.7 Å². The molecule has 0 N–H and O–H groups in total. The highest BCUT2D eigenvalue weighted by molar-refractivity contribution is 6.01. The molecule has 1 aliphatic heterocycles. The molecule has 30 heavy (non-hydrogen) atoms. The summed E-state index contributed by atoms with van der Waals surface area (Å²) in [6.07, 6.45) is 2.24. The van der Waals surface area contributed by atoms with Gasteiger partial charge in [0.05, 0.1) is 0 Å². The Bertz CT molecular complexity index is 847. The largest absolute Gasteiger partial charge is 0.444 e. The van der Waals surface area contributed by atoms with Gasteiger partial charge in [0.15, 0.2) is 5.78 Å². The van der Waals surface area contributed by atoms with E-state index in [4.69, 9.17) is 4.74 Å². The fourth-order valence-corrected chi connectivity index (χ4v) is 4.10. The summed E-state index contributed by atoms with van der Waals surface area (Å²) in [6.45, 7) is 9.22. The molecule has 0 radical (unpaired) electrons. The number of amides is 1. The molecule has 160 valence electrons. The van der Waals surface area contributed by atoms with Gasteiger partial charge in [-0.25, -0.2) is 4.79 Å². The molecule has 1 saturated heterocycles. The number of rotatable bonds is 5. The topological polar surface area (TPSA) is 46.6 Å².